The summed E-state index contributed by atoms with van der Waals surface area (Å²) in [7, 11) is 3.25. The molecule has 0 amide bonds. The van der Waals surface area contributed by atoms with Gasteiger partial charge in [-0.2, -0.15) is 0 Å². The summed E-state index contributed by atoms with van der Waals surface area (Å²) in [5, 5.41) is 0. The molecule has 0 unspecified atom stereocenters. The first-order valence-electron chi connectivity index (χ1n) is 0.236. The van der Waals surface area contributed by atoms with Gasteiger partial charge in [0.05, 0.1) is 0 Å². The van der Waals surface area contributed by atoms with Crippen LogP contribution in [0.15, 0.2) is 0 Å². The van der Waals surface area contributed by atoms with Crippen molar-refractivity contribution in [1.29, 1.82) is 0 Å². The van der Waals surface area contributed by atoms with Crippen LogP contribution in [0.3, 0.4) is 0 Å². The van der Waals surface area contributed by atoms with Gasteiger partial charge < -0.3 is 5.71 Å². The van der Waals surface area contributed by atoms with Gasteiger partial charge in [-0.1, -0.05) is 0 Å². The van der Waals surface area contributed by atoms with Gasteiger partial charge >= 0.3 is 131 Å². The van der Waals surface area contributed by atoms with Crippen molar-refractivity contribution in [2.75, 3.05) is 0 Å². The SMILES string of the molecule is [B]=O.[Ca+2].[H-].[H-].[H-].[H-].[K+].[Na+].[Y]. The Morgan fingerprint density at radius 1 is 1.33 bits per heavy atom. The summed E-state index contributed by atoms with van der Waals surface area (Å²) >= 11 is 0. The van der Waals surface area contributed by atoms with E-state index < -0.39 is 0 Å². The predicted molar refractivity (Wildman–Crippen MR) is 16.6 cm³/mol. The molecule has 0 aromatic heterocycles. The Hall–Kier alpha value is 4.86. The average Bonchev–Trinajstić information content (AvgIpc) is 1.00. The smallest absolute Gasteiger partial charge is 1.00 e. The van der Waals surface area contributed by atoms with Gasteiger partial charge in [0.1, 0.15) is 0 Å². The second-order valence-corrected chi connectivity index (χ2v) is 0. The molecule has 20 valence electrons. The first kappa shape index (κ1) is 30.7. The van der Waals surface area contributed by atoms with Crippen molar-refractivity contribution in [3.05, 3.63) is 0 Å². The molecule has 0 saturated heterocycles. The third kappa shape index (κ3) is 23.2. The molecule has 0 aliphatic heterocycles. The zero-order valence-corrected chi connectivity index (χ0v) is 14.4. The van der Waals surface area contributed by atoms with Gasteiger partial charge in [-0.25, -0.2) is 0 Å². The maximum Gasteiger partial charge on any atom is 2.00 e. The maximum atomic E-state index is 7.75. The fourth-order valence-corrected chi connectivity index (χ4v) is 0. The molecule has 6 heteroatoms. The molecular weight excluding hydrogens is 218 g/mol. The molecule has 2 radical (unpaired) electrons. The van der Waals surface area contributed by atoms with E-state index in [1.54, 1.807) is 0 Å². The zero-order chi connectivity index (χ0) is 2.00. The molecule has 0 aliphatic carbocycles. The van der Waals surface area contributed by atoms with Crippen LogP contribution in [0.2, 0.25) is 0 Å². The van der Waals surface area contributed by atoms with Crippen molar-refractivity contribution in [2.24, 2.45) is 0 Å². The van der Waals surface area contributed by atoms with Crippen molar-refractivity contribution in [2.45, 2.75) is 0 Å². The summed E-state index contributed by atoms with van der Waals surface area (Å²) in [6.45, 7) is 0. The van der Waals surface area contributed by atoms with Crippen LogP contribution in [0.1, 0.15) is 5.71 Å². The summed E-state index contributed by atoms with van der Waals surface area (Å²) in [6, 6.07) is 0. The van der Waals surface area contributed by atoms with Crippen molar-refractivity contribution in [1.82, 2.24) is 0 Å². The summed E-state index contributed by atoms with van der Waals surface area (Å²) in [5.41, 5.74) is 0. The van der Waals surface area contributed by atoms with Crippen LogP contribution in [-0.4, -0.2) is 45.5 Å². The zero-order valence-electron chi connectivity index (χ0n) is 8.27. The second-order valence-electron chi connectivity index (χ2n) is 0. The maximum absolute atomic E-state index is 7.75. The first-order valence-corrected chi connectivity index (χ1v) is 0.236. The summed E-state index contributed by atoms with van der Waals surface area (Å²) in [4.78, 5) is 0. The predicted octanol–water partition coefficient (Wildman–Crippen LogP) is -6.42. The second kappa shape index (κ2) is 32.8. The van der Waals surface area contributed by atoms with E-state index in [9.17, 15) is 0 Å². The van der Waals surface area contributed by atoms with Crippen molar-refractivity contribution in [3.8, 4) is 0 Å². The Bertz CT molecular complexity index is 25.2. The van der Waals surface area contributed by atoms with Gasteiger partial charge in [-0.05, 0) is 0 Å². The Kier molecular flexibility index (Phi) is 168. The van der Waals surface area contributed by atoms with Crippen LogP contribution in [0.5, 0.6) is 0 Å². The Morgan fingerprint density at radius 3 is 1.33 bits per heavy atom. The number of hydrogen-bond acceptors (Lipinski definition) is 1. The van der Waals surface area contributed by atoms with Crippen molar-refractivity contribution >= 4 is 45.5 Å². The van der Waals surface area contributed by atoms with Gasteiger partial charge in [-0.3, -0.25) is 0 Å². The fourth-order valence-electron chi connectivity index (χ4n) is 0. The van der Waals surface area contributed by atoms with Gasteiger partial charge in [0.25, 0.3) is 0 Å². The van der Waals surface area contributed by atoms with Crippen molar-refractivity contribution < 1.29 is 124 Å². The van der Waals surface area contributed by atoms with Gasteiger partial charge in [0, 0.05) is 32.7 Å². The fraction of sp³-hybridized carbons (Fsp3) is 0. The topological polar surface area (TPSA) is 17.1 Å². The van der Waals surface area contributed by atoms with Crippen LogP contribution >= 0.6 is 0 Å². The molecule has 6 heavy (non-hydrogen) atoms. The van der Waals surface area contributed by atoms with Crippen LogP contribution in [0.4, 0.5) is 0 Å². The van der Waals surface area contributed by atoms with Crippen LogP contribution in [0.25, 0.3) is 0 Å². The van der Waals surface area contributed by atoms with E-state index >= 15 is 0 Å². The van der Waals surface area contributed by atoms with Crippen molar-refractivity contribution in [3.63, 3.8) is 0 Å². The summed E-state index contributed by atoms with van der Waals surface area (Å²) < 4.78 is 7.75. The molecule has 0 saturated carbocycles. The molecule has 0 atom stereocenters. The Labute approximate surface area is 164 Å². The number of rotatable bonds is 0. The van der Waals surface area contributed by atoms with E-state index in [2.05, 4.69) is 7.72 Å². The molecule has 0 aliphatic rings. The molecule has 0 fully saturated rings. The minimum absolute atomic E-state index is 0. The monoisotopic (exact) mass is 222 g/mol. The number of hydrogen-bond donors (Lipinski definition) is 0. The van der Waals surface area contributed by atoms with E-state index in [1.165, 1.54) is 0 Å². The first-order chi connectivity index (χ1) is 1.00. The normalized spacial score (nSPS) is 0.500. The standard InChI is InChI=1S/BO.Ca.K.Na.Y.4H/c1-2;;;;;;;;/q;+2;2*+1;;4*-1. The molecule has 0 bridgehead atoms. The van der Waals surface area contributed by atoms with Gasteiger partial charge in [0.15, 0.2) is 0 Å². The van der Waals surface area contributed by atoms with E-state index in [0.29, 0.717) is 0 Å². The Morgan fingerprint density at radius 2 is 1.33 bits per heavy atom. The van der Waals surface area contributed by atoms with Gasteiger partial charge in [0.2, 0.25) is 0 Å². The van der Waals surface area contributed by atoms with E-state index in [0.717, 1.165) is 0 Å². The van der Waals surface area contributed by atoms with E-state index in [-0.39, 0.29) is 157 Å². The molecule has 0 N–H and O–H groups in total. The minimum Gasteiger partial charge on any atom is -1.00 e. The van der Waals surface area contributed by atoms with E-state index in [4.69, 9.17) is 4.70 Å². The summed E-state index contributed by atoms with van der Waals surface area (Å²) in [6.07, 6.45) is 0. The molecule has 0 heterocycles. The molecule has 0 aromatic rings. The summed E-state index contributed by atoms with van der Waals surface area (Å²) in [5.74, 6) is 0. The molecule has 0 rings (SSSR count). The quantitative estimate of drug-likeness (QED) is 0.372. The third-order valence-electron chi connectivity index (χ3n) is 0. The van der Waals surface area contributed by atoms with Crippen LogP contribution in [-0.2, 0) is 37.4 Å². The molecule has 0 spiro atoms. The van der Waals surface area contributed by atoms with E-state index in [1.807, 2.05) is 0 Å². The van der Waals surface area contributed by atoms with Crippen LogP contribution < -0.4 is 80.9 Å². The molecular formula is H4BCaKNaOY. The largest absolute Gasteiger partial charge is 2.00 e. The van der Waals surface area contributed by atoms with Crippen LogP contribution in [0, 0.1) is 0 Å². The van der Waals surface area contributed by atoms with Gasteiger partial charge in [-0.15, -0.1) is 0 Å². The molecule has 0 aromatic carbocycles. The average molecular weight is 222 g/mol. The minimum atomic E-state index is 0. The molecule has 1 nitrogen and oxygen atoms in total. The third-order valence-corrected chi connectivity index (χ3v) is 0. The Balaban J connectivity index is -0.000000000179.